The van der Waals surface area contributed by atoms with Gasteiger partial charge in [0, 0.05) is 17.3 Å². The van der Waals surface area contributed by atoms with Crippen LogP contribution in [0.15, 0.2) is 24.3 Å². The third-order valence-corrected chi connectivity index (χ3v) is 4.40. The van der Waals surface area contributed by atoms with E-state index in [-0.39, 0.29) is 6.04 Å². The number of hydrogen-bond acceptors (Lipinski definition) is 3. The molecule has 0 saturated carbocycles. The molecule has 96 valence electrons. The minimum atomic E-state index is 0.0473. The summed E-state index contributed by atoms with van der Waals surface area (Å²) in [4.78, 5) is 5.86. The van der Waals surface area contributed by atoms with E-state index in [9.17, 15) is 0 Å². The zero-order chi connectivity index (χ0) is 13.1. The second-order valence-electron chi connectivity index (χ2n) is 4.61. The Kier molecular flexibility index (Phi) is 4.15. The molecule has 1 aromatic carbocycles. The van der Waals surface area contributed by atoms with Gasteiger partial charge in [0.25, 0.3) is 0 Å². The van der Waals surface area contributed by atoms with Crippen molar-refractivity contribution in [2.75, 3.05) is 0 Å². The molecule has 1 heterocycles. The molecule has 0 fully saturated rings. The zero-order valence-electron chi connectivity index (χ0n) is 11.2. The fraction of sp³-hybridized carbons (Fsp3) is 0.400. The summed E-state index contributed by atoms with van der Waals surface area (Å²) in [5, 5.41) is 1.14. The average molecular weight is 260 g/mol. The molecule has 0 spiro atoms. The lowest BCUT2D eigenvalue weighted by Gasteiger charge is -2.14. The van der Waals surface area contributed by atoms with Crippen molar-refractivity contribution in [3.8, 4) is 0 Å². The molecule has 2 rings (SSSR count). The zero-order valence-corrected chi connectivity index (χ0v) is 12.1. The van der Waals surface area contributed by atoms with Crippen LogP contribution in [0.3, 0.4) is 0 Å². The van der Waals surface area contributed by atoms with Crippen LogP contribution < -0.4 is 5.73 Å². The summed E-state index contributed by atoms with van der Waals surface area (Å²) in [6.07, 6.45) is 1.86. The number of hydrogen-bond donors (Lipinski definition) is 1. The van der Waals surface area contributed by atoms with Crippen molar-refractivity contribution in [1.29, 1.82) is 0 Å². The first-order chi connectivity index (χ1) is 8.61. The van der Waals surface area contributed by atoms with Crippen LogP contribution in [0, 0.1) is 13.8 Å². The van der Waals surface area contributed by atoms with Crippen molar-refractivity contribution in [2.45, 2.75) is 39.7 Å². The number of nitrogens with two attached hydrogens (primary N) is 1. The van der Waals surface area contributed by atoms with Gasteiger partial charge in [0.05, 0.1) is 10.7 Å². The Labute approximate surface area is 113 Å². The molecular weight excluding hydrogens is 240 g/mol. The maximum Gasteiger partial charge on any atom is 0.0949 e. The Hall–Kier alpha value is -1.19. The number of nitrogens with zero attached hydrogens (tertiary/aromatic N) is 1. The van der Waals surface area contributed by atoms with Crippen LogP contribution in [0.4, 0.5) is 0 Å². The second-order valence-corrected chi connectivity index (χ2v) is 5.90. The molecule has 1 unspecified atom stereocenters. The summed E-state index contributed by atoms with van der Waals surface area (Å²) < 4.78 is 0. The van der Waals surface area contributed by atoms with Crippen molar-refractivity contribution >= 4 is 11.3 Å². The monoisotopic (exact) mass is 260 g/mol. The number of thiazole rings is 1. The van der Waals surface area contributed by atoms with Gasteiger partial charge in [-0.25, -0.2) is 4.98 Å². The van der Waals surface area contributed by atoms with E-state index in [1.807, 2.05) is 0 Å². The van der Waals surface area contributed by atoms with Gasteiger partial charge in [-0.1, -0.05) is 31.2 Å². The van der Waals surface area contributed by atoms with Crippen LogP contribution in [-0.2, 0) is 12.8 Å². The Morgan fingerprint density at radius 2 is 2.00 bits per heavy atom. The highest BCUT2D eigenvalue weighted by molar-refractivity contribution is 7.11. The van der Waals surface area contributed by atoms with Crippen molar-refractivity contribution in [3.05, 3.63) is 51.0 Å². The molecule has 0 radical (unpaired) electrons. The minimum absolute atomic E-state index is 0.0473. The lowest BCUT2D eigenvalue weighted by atomic mass is 9.97. The first kappa shape index (κ1) is 13.2. The van der Waals surface area contributed by atoms with Gasteiger partial charge in [0.1, 0.15) is 0 Å². The Morgan fingerprint density at radius 3 is 2.61 bits per heavy atom. The largest absolute Gasteiger partial charge is 0.324 e. The van der Waals surface area contributed by atoms with E-state index in [1.54, 1.807) is 11.3 Å². The highest BCUT2D eigenvalue weighted by Crippen LogP contribution is 2.24. The lowest BCUT2D eigenvalue weighted by Crippen LogP contribution is -2.15. The molecule has 2 aromatic rings. The molecule has 0 bridgehead atoms. The maximum atomic E-state index is 6.33. The fourth-order valence-corrected chi connectivity index (χ4v) is 3.13. The van der Waals surface area contributed by atoms with Gasteiger partial charge in [-0.3, -0.25) is 0 Å². The van der Waals surface area contributed by atoms with Crippen molar-refractivity contribution in [3.63, 3.8) is 0 Å². The molecule has 0 aliphatic heterocycles. The van der Waals surface area contributed by atoms with E-state index >= 15 is 0 Å². The van der Waals surface area contributed by atoms with Crippen molar-refractivity contribution in [2.24, 2.45) is 5.73 Å². The molecule has 0 aliphatic carbocycles. The van der Waals surface area contributed by atoms with Gasteiger partial charge < -0.3 is 5.73 Å². The smallest absolute Gasteiger partial charge is 0.0949 e. The Morgan fingerprint density at radius 1 is 1.28 bits per heavy atom. The van der Waals surface area contributed by atoms with Crippen LogP contribution in [0.2, 0.25) is 0 Å². The molecule has 0 amide bonds. The van der Waals surface area contributed by atoms with Gasteiger partial charge in [0.2, 0.25) is 0 Å². The standard InChI is InChI=1S/C15H20N2S/c1-4-12-7-5-6-8-13(12)14(16)9-15-17-10(2)11(3)18-15/h5-8,14H,4,9,16H2,1-3H3. The number of aryl methyl sites for hydroxylation is 3. The molecule has 0 saturated heterocycles. The Balaban J connectivity index is 2.18. The predicted molar refractivity (Wildman–Crippen MR) is 78.0 cm³/mol. The third kappa shape index (κ3) is 2.79. The van der Waals surface area contributed by atoms with E-state index in [0.29, 0.717) is 0 Å². The van der Waals surface area contributed by atoms with Crippen LogP contribution in [-0.4, -0.2) is 4.98 Å². The molecular formula is C15H20N2S. The second kappa shape index (κ2) is 5.63. The first-order valence-corrected chi connectivity index (χ1v) is 7.19. The van der Waals surface area contributed by atoms with Crippen LogP contribution in [0.25, 0.3) is 0 Å². The highest BCUT2D eigenvalue weighted by atomic mass is 32.1. The molecule has 3 heteroatoms. The van der Waals surface area contributed by atoms with E-state index in [2.05, 4.69) is 50.0 Å². The number of aromatic nitrogens is 1. The summed E-state index contributed by atoms with van der Waals surface area (Å²) >= 11 is 1.76. The molecule has 1 atom stereocenters. The van der Waals surface area contributed by atoms with Crippen LogP contribution in [0.5, 0.6) is 0 Å². The van der Waals surface area contributed by atoms with E-state index < -0.39 is 0 Å². The van der Waals surface area contributed by atoms with E-state index in [4.69, 9.17) is 5.73 Å². The minimum Gasteiger partial charge on any atom is -0.324 e. The lowest BCUT2D eigenvalue weighted by molar-refractivity contribution is 0.707. The first-order valence-electron chi connectivity index (χ1n) is 6.38. The third-order valence-electron chi connectivity index (χ3n) is 3.30. The van der Waals surface area contributed by atoms with E-state index in [1.165, 1.54) is 16.0 Å². The summed E-state index contributed by atoms with van der Waals surface area (Å²) in [7, 11) is 0. The topological polar surface area (TPSA) is 38.9 Å². The molecule has 18 heavy (non-hydrogen) atoms. The van der Waals surface area contributed by atoms with Gasteiger partial charge >= 0.3 is 0 Å². The number of benzene rings is 1. The van der Waals surface area contributed by atoms with Gasteiger partial charge in [0.15, 0.2) is 0 Å². The summed E-state index contributed by atoms with van der Waals surface area (Å²) in [5.74, 6) is 0. The van der Waals surface area contributed by atoms with Crippen LogP contribution >= 0.6 is 11.3 Å². The Bertz CT molecular complexity index is 512. The van der Waals surface area contributed by atoms with E-state index in [0.717, 1.165) is 23.5 Å². The van der Waals surface area contributed by atoms with Gasteiger partial charge in [-0.15, -0.1) is 11.3 Å². The fourth-order valence-electron chi connectivity index (χ4n) is 2.14. The molecule has 0 aliphatic rings. The number of rotatable bonds is 4. The molecule has 2 N–H and O–H groups in total. The highest BCUT2D eigenvalue weighted by Gasteiger charge is 2.13. The normalized spacial score (nSPS) is 12.7. The maximum absolute atomic E-state index is 6.33. The average Bonchev–Trinajstić information content (AvgIpc) is 2.68. The van der Waals surface area contributed by atoms with Gasteiger partial charge in [-0.05, 0) is 31.4 Å². The van der Waals surface area contributed by atoms with Crippen molar-refractivity contribution < 1.29 is 0 Å². The van der Waals surface area contributed by atoms with Crippen molar-refractivity contribution in [1.82, 2.24) is 4.98 Å². The molecule has 2 nitrogen and oxygen atoms in total. The summed E-state index contributed by atoms with van der Waals surface area (Å²) in [6, 6.07) is 8.48. The predicted octanol–water partition coefficient (Wildman–Crippen LogP) is 3.56. The summed E-state index contributed by atoms with van der Waals surface area (Å²) in [5.41, 5.74) is 10.1. The van der Waals surface area contributed by atoms with Crippen LogP contribution in [0.1, 0.15) is 39.7 Å². The SMILES string of the molecule is CCc1ccccc1C(N)Cc1nc(C)c(C)s1. The molecule has 1 aromatic heterocycles. The summed E-state index contributed by atoms with van der Waals surface area (Å²) in [6.45, 7) is 6.34. The quantitative estimate of drug-likeness (QED) is 0.913. The van der Waals surface area contributed by atoms with Gasteiger partial charge in [-0.2, -0.15) is 0 Å².